The molecule has 0 aromatic heterocycles. The van der Waals surface area contributed by atoms with E-state index >= 15 is 0 Å². The maximum atomic E-state index is 11.1. The van der Waals surface area contributed by atoms with Crippen molar-refractivity contribution in [2.75, 3.05) is 0 Å². The molecule has 1 nitrogen and oxygen atoms in total. The van der Waals surface area contributed by atoms with Crippen LogP contribution >= 0.6 is 0 Å². The van der Waals surface area contributed by atoms with E-state index in [1.807, 2.05) is 0 Å². The van der Waals surface area contributed by atoms with Crippen LogP contribution in [0.25, 0.3) is 0 Å². The summed E-state index contributed by atoms with van der Waals surface area (Å²) >= 11 is 0. The molecule has 0 radical (unpaired) electrons. The third kappa shape index (κ3) is 1.27. The highest BCUT2D eigenvalue weighted by Crippen LogP contribution is 2.64. The van der Waals surface area contributed by atoms with Gasteiger partial charge in [-0.2, -0.15) is 0 Å². The first-order valence-electron chi connectivity index (χ1n) is 7.43. The lowest BCUT2D eigenvalue weighted by molar-refractivity contribution is -0.0929. The quantitative estimate of drug-likeness (QED) is 0.773. The molecule has 1 heteroatoms. The Bertz CT molecular complexity index is 271. The third-order valence-electron chi connectivity index (χ3n) is 6.23. The van der Waals surface area contributed by atoms with Gasteiger partial charge >= 0.3 is 0 Å². The average Bonchev–Trinajstić information content (AvgIpc) is 2.89. The van der Waals surface area contributed by atoms with Gasteiger partial charge in [0.15, 0.2) is 0 Å². The predicted octanol–water partition coefficient (Wildman–Crippen LogP) is 3.61. The van der Waals surface area contributed by atoms with Crippen molar-refractivity contribution in [1.82, 2.24) is 0 Å². The molecule has 5 unspecified atom stereocenters. The second-order valence-corrected chi connectivity index (χ2v) is 6.57. The fraction of sp³-hybridized carbons (Fsp3) is 1.00. The van der Waals surface area contributed by atoms with E-state index in [1.165, 1.54) is 25.7 Å². The SMILES string of the molecule is CCC(CC)C1(O)CC2CC1C1CCCC21. The summed E-state index contributed by atoms with van der Waals surface area (Å²) in [6, 6.07) is 0. The van der Waals surface area contributed by atoms with Crippen LogP contribution in [0.3, 0.4) is 0 Å². The lowest BCUT2D eigenvalue weighted by Crippen LogP contribution is -2.47. The van der Waals surface area contributed by atoms with Gasteiger partial charge in [0.25, 0.3) is 0 Å². The summed E-state index contributed by atoms with van der Waals surface area (Å²) in [6.07, 6.45) is 9.11. The van der Waals surface area contributed by atoms with Gasteiger partial charge in [-0.25, -0.2) is 0 Å². The minimum Gasteiger partial charge on any atom is -0.389 e. The maximum absolute atomic E-state index is 11.1. The second-order valence-electron chi connectivity index (χ2n) is 6.57. The molecule has 3 aliphatic rings. The normalized spacial score (nSPS) is 50.2. The topological polar surface area (TPSA) is 20.2 Å². The number of aliphatic hydroxyl groups is 1. The molecular formula is C15H26O. The van der Waals surface area contributed by atoms with Gasteiger partial charge in [-0.3, -0.25) is 0 Å². The van der Waals surface area contributed by atoms with Gasteiger partial charge in [-0.1, -0.05) is 33.1 Å². The second kappa shape index (κ2) is 3.73. The first-order chi connectivity index (χ1) is 7.70. The van der Waals surface area contributed by atoms with Crippen LogP contribution in [0.1, 0.15) is 58.8 Å². The molecule has 3 aliphatic carbocycles. The fourth-order valence-electron chi connectivity index (χ4n) is 5.62. The lowest BCUT2D eigenvalue weighted by atomic mass is 9.66. The molecule has 0 aromatic rings. The Morgan fingerprint density at radius 1 is 1.19 bits per heavy atom. The number of hydrogen-bond acceptors (Lipinski definition) is 1. The smallest absolute Gasteiger partial charge is 0.0709 e. The van der Waals surface area contributed by atoms with Gasteiger partial charge in [0.1, 0.15) is 0 Å². The van der Waals surface area contributed by atoms with E-state index in [0.29, 0.717) is 11.8 Å². The van der Waals surface area contributed by atoms with Crippen molar-refractivity contribution >= 4 is 0 Å². The van der Waals surface area contributed by atoms with E-state index in [2.05, 4.69) is 13.8 Å². The Morgan fingerprint density at radius 2 is 1.88 bits per heavy atom. The largest absolute Gasteiger partial charge is 0.389 e. The van der Waals surface area contributed by atoms with Gasteiger partial charge in [-0.15, -0.1) is 0 Å². The van der Waals surface area contributed by atoms with Crippen molar-refractivity contribution < 1.29 is 5.11 Å². The molecule has 5 atom stereocenters. The summed E-state index contributed by atoms with van der Waals surface area (Å²) < 4.78 is 0. The fourth-order valence-corrected chi connectivity index (χ4v) is 5.62. The van der Waals surface area contributed by atoms with Crippen LogP contribution in [0.5, 0.6) is 0 Å². The maximum Gasteiger partial charge on any atom is 0.0709 e. The zero-order valence-electron chi connectivity index (χ0n) is 10.8. The number of rotatable bonds is 3. The Balaban J connectivity index is 1.84. The van der Waals surface area contributed by atoms with Crippen molar-refractivity contribution in [1.29, 1.82) is 0 Å². The van der Waals surface area contributed by atoms with Crippen LogP contribution in [0.4, 0.5) is 0 Å². The standard InChI is InChI=1S/C15H26O/c1-3-11(4-2)15(16)9-10-8-14(15)13-7-5-6-12(10)13/h10-14,16H,3-9H2,1-2H3. The van der Waals surface area contributed by atoms with Crippen molar-refractivity contribution in [2.45, 2.75) is 64.4 Å². The van der Waals surface area contributed by atoms with Crippen LogP contribution in [0.15, 0.2) is 0 Å². The third-order valence-corrected chi connectivity index (χ3v) is 6.23. The Labute approximate surface area is 99.6 Å². The zero-order chi connectivity index (χ0) is 11.3. The molecule has 3 saturated carbocycles. The van der Waals surface area contributed by atoms with Gasteiger partial charge < -0.3 is 5.11 Å². The number of hydrogen-bond donors (Lipinski definition) is 1. The van der Waals surface area contributed by atoms with Gasteiger partial charge in [-0.05, 0) is 55.3 Å². The van der Waals surface area contributed by atoms with Gasteiger partial charge in [0.2, 0.25) is 0 Å². The van der Waals surface area contributed by atoms with E-state index in [-0.39, 0.29) is 5.60 Å². The average molecular weight is 222 g/mol. The molecule has 16 heavy (non-hydrogen) atoms. The molecule has 92 valence electrons. The van der Waals surface area contributed by atoms with E-state index in [1.54, 1.807) is 0 Å². The highest BCUT2D eigenvalue weighted by molar-refractivity contribution is 5.11. The molecule has 0 aliphatic heterocycles. The Kier molecular flexibility index (Phi) is 2.58. The molecule has 0 aromatic carbocycles. The van der Waals surface area contributed by atoms with Crippen molar-refractivity contribution in [3.05, 3.63) is 0 Å². The lowest BCUT2D eigenvalue weighted by Gasteiger charge is -2.44. The monoisotopic (exact) mass is 222 g/mol. The highest BCUT2D eigenvalue weighted by Gasteiger charge is 2.61. The molecule has 1 N–H and O–H groups in total. The summed E-state index contributed by atoms with van der Waals surface area (Å²) in [7, 11) is 0. The molecule has 3 fully saturated rings. The highest BCUT2D eigenvalue weighted by atomic mass is 16.3. The summed E-state index contributed by atoms with van der Waals surface area (Å²) in [5.74, 6) is 3.99. The molecule has 0 saturated heterocycles. The van der Waals surface area contributed by atoms with Gasteiger partial charge in [0.05, 0.1) is 5.60 Å². The van der Waals surface area contributed by atoms with Crippen molar-refractivity contribution in [3.8, 4) is 0 Å². The summed E-state index contributed by atoms with van der Waals surface area (Å²) in [4.78, 5) is 0. The Hall–Kier alpha value is -0.0400. The Morgan fingerprint density at radius 3 is 2.56 bits per heavy atom. The van der Waals surface area contributed by atoms with E-state index in [4.69, 9.17) is 0 Å². The number of fused-ring (bicyclic) bond motifs is 5. The zero-order valence-corrected chi connectivity index (χ0v) is 10.8. The molecule has 0 spiro atoms. The predicted molar refractivity (Wildman–Crippen MR) is 66.1 cm³/mol. The first-order valence-corrected chi connectivity index (χ1v) is 7.43. The van der Waals surface area contributed by atoms with E-state index in [0.717, 1.165) is 37.0 Å². The van der Waals surface area contributed by atoms with Crippen molar-refractivity contribution in [2.24, 2.45) is 29.6 Å². The minimum absolute atomic E-state index is 0.278. The summed E-state index contributed by atoms with van der Waals surface area (Å²) in [5, 5.41) is 11.1. The van der Waals surface area contributed by atoms with E-state index < -0.39 is 0 Å². The summed E-state index contributed by atoms with van der Waals surface area (Å²) in [6.45, 7) is 4.51. The molecule has 0 amide bonds. The molecule has 0 heterocycles. The van der Waals surface area contributed by atoms with Crippen molar-refractivity contribution in [3.63, 3.8) is 0 Å². The summed E-state index contributed by atoms with van der Waals surface area (Å²) in [5.41, 5.74) is -0.278. The van der Waals surface area contributed by atoms with Crippen LogP contribution in [-0.4, -0.2) is 10.7 Å². The van der Waals surface area contributed by atoms with E-state index in [9.17, 15) is 5.11 Å². The first kappa shape index (κ1) is 11.1. The van der Waals surface area contributed by atoms with Crippen LogP contribution in [0, 0.1) is 29.6 Å². The molecule has 3 rings (SSSR count). The van der Waals surface area contributed by atoms with Crippen LogP contribution in [0.2, 0.25) is 0 Å². The molecule has 2 bridgehead atoms. The van der Waals surface area contributed by atoms with Gasteiger partial charge in [0, 0.05) is 0 Å². The van der Waals surface area contributed by atoms with Crippen LogP contribution in [-0.2, 0) is 0 Å². The minimum atomic E-state index is -0.278. The molecular weight excluding hydrogens is 196 g/mol. The van der Waals surface area contributed by atoms with Crippen LogP contribution < -0.4 is 0 Å².